The van der Waals surface area contributed by atoms with Gasteiger partial charge in [0.05, 0.1) is 11.8 Å². The van der Waals surface area contributed by atoms with Gasteiger partial charge in [-0.1, -0.05) is 18.7 Å². The molecule has 0 saturated heterocycles. The van der Waals surface area contributed by atoms with Crippen LogP contribution in [0.25, 0.3) is 0 Å². The zero-order valence-electron chi connectivity index (χ0n) is 11.2. The Labute approximate surface area is 129 Å². The van der Waals surface area contributed by atoms with Crippen molar-refractivity contribution in [2.24, 2.45) is 0 Å². The summed E-state index contributed by atoms with van der Waals surface area (Å²) in [5, 5.41) is 21.8. The minimum Gasteiger partial charge on any atom is -0.368 e. The zero-order valence-corrected chi connectivity index (χ0v) is 12.8. The lowest BCUT2D eigenvalue weighted by atomic mass is 10.2. The average Bonchev–Trinajstić information content (AvgIpc) is 3.09. The fourth-order valence-corrected chi connectivity index (χ4v) is 2.92. The van der Waals surface area contributed by atoms with Crippen LogP contribution in [-0.2, 0) is 4.79 Å². The molecule has 0 saturated carbocycles. The predicted octanol–water partition coefficient (Wildman–Crippen LogP) is 1.52. The smallest absolute Gasteiger partial charge is 0.249 e. The van der Waals surface area contributed by atoms with E-state index in [1.54, 1.807) is 16.1 Å². The lowest BCUT2D eigenvalue weighted by Crippen LogP contribution is -2.27. The van der Waals surface area contributed by atoms with E-state index in [-0.39, 0.29) is 17.6 Å². The Kier molecular flexibility index (Phi) is 5.13. The van der Waals surface area contributed by atoms with Crippen molar-refractivity contribution in [3.8, 4) is 6.07 Å². The van der Waals surface area contributed by atoms with Crippen molar-refractivity contribution in [1.29, 1.82) is 5.26 Å². The minimum absolute atomic E-state index is 0.150. The lowest BCUT2D eigenvalue weighted by molar-refractivity contribution is -0.119. The van der Waals surface area contributed by atoms with Gasteiger partial charge in [-0.15, -0.1) is 21.5 Å². The zero-order chi connectivity index (χ0) is 15.2. The van der Waals surface area contributed by atoms with Crippen molar-refractivity contribution < 1.29 is 4.79 Å². The van der Waals surface area contributed by atoms with Gasteiger partial charge in [0.2, 0.25) is 11.9 Å². The van der Waals surface area contributed by atoms with E-state index in [2.05, 4.69) is 20.5 Å². The Hall–Kier alpha value is -2.12. The van der Waals surface area contributed by atoms with Gasteiger partial charge in [-0.25, -0.2) is 4.98 Å². The number of thioether (sulfide) groups is 1. The van der Waals surface area contributed by atoms with Crippen molar-refractivity contribution in [2.75, 3.05) is 16.8 Å². The Bertz CT molecular complexity index is 646. The Morgan fingerprint density at radius 2 is 2.48 bits per heavy atom. The molecule has 0 aliphatic carbocycles. The number of nitriles is 1. The number of nitrogen functional groups attached to an aromatic ring is 1. The van der Waals surface area contributed by atoms with Gasteiger partial charge in [-0.05, 0) is 6.42 Å². The third kappa shape index (κ3) is 3.50. The quantitative estimate of drug-likeness (QED) is 0.773. The highest BCUT2D eigenvalue weighted by Crippen LogP contribution is 2.26. The molecule has 0 aliphatic heterocycles. The molecule has 1 unspecified atom stereocenters. The first kappa shape index (κ1) is 15.3. The Morgan fingerprint density at radius 1 is 1.67 bits per heavy atom. The Morgan fingerprint density at radius 3 is 3.10 bits per heavy atom. The maximum absolute atomic E-state index is 12.4. The summed E-state index contributed by atoms with van der Waals surface area (Å²) in [6.45, 7) is 1.87. The number of rotatable bonds is 6. The maximum atomic E-state index is 12.4. The molecule has 2 heterocycles. The molecule has 110 valence electrons. The van der Waals surface area contributed by atoms with E-state index in [9.17, 15) is 4.79 Å². The van der Waals surface area contributed by atoms with Gasteiger partial charge in [-0.2, -0.15) is 5.26 Å². The molecule has 0 fully saturated rings. The van der Waals surface area contributed by atoms with E-state index >= 15 is 0 Å². The molecule has 0 bridgehead atoms. The van der Waals surface area contributed by atoms with Gasteiger partial charge in [0, 0.05) is 11.6 Å². The van der Waals surface area contributed by atoms with E-state index < -0.39 is 6.04 Å². The fraction of sp³-hybridized carbons (Fsp3) is 0.364. The largest absolute Gasteiger partial charge is 0.368 e. The Balaban J connectivity index is 2.22. The lowest BCUT2D eigenvalue weighted by Gasteiger charge is -2.17. The SMILES string of the molecule is CCC(C(=O)Nc1nccs1)n1c(N)nnc1SCC#N. The highest BCUT2D eigenvalue weighted by atomic mass is 32.2. The van der Waals surface area contributed by atoms with Crippen LogP contribution in [0.4, 0.5) is 11.1 Å². The molecule has 2 aromatic heterocycles. The molecule has 10 heteroatoms. The number of carbonyl (C=O) groups excluding carboxylic acids is 1. The molecular formula is C11H13N7OS2. The number of nitrogens with zero attached hydrogens (tertiary/aromatic N) is 5. The third-order valence-electron chi connectivity index (χ3n) is 2.62. The molecule has 2 aromatic rings. The van der Waals surface area contributed by atoms with Gasteiger partial charge in [0.1, 0.15) is 6.04 Å². The van der Waals surface area contributed by atoms with Crippen LogP contribution in [0.5, 0.6) is 0 Å². The highest BCUT2D eigenvalue weighted by Gasteiger charge is 2.25. The molecule has 1 amide bonds. The predicted molar refractivity (Wildman–Crippen MR) is 80.8 cm³/mol. The molecule has 1 atom stereocenters. The van der Waals surface area contributed by atoms with Crippen molar-refractivity contribution in [2.45, 2.75) is 24.5 Å². The monoisotopic (exact) mass is 323 g/mol. The van der Waals surface area contributed by atoms with Gasteiger partial charge in [0.15, 0.2) is 10.3 Å². The van der Waals surface area contributed by atoms with Crippen molar-refractivity contribution in [1.82, 2.24) is 19.7 Å². The van der Waals surface area contributed by atoms with Gasteiger partial charge < -0.3 is 11.1 Å². The van der Waals surface area contributed by atoms with E-state index in [4.69, 9.17) is 11.0 Å². The second-order valence-electron chi connectivity index (χ2n) is 3.91. The second-order valence-corrected chi connectivity index (χ2v) is 5.75. The number of hydrogen-bond donors (Lipinski definition) is 2. The molecule has 0 aromatic carbocycles. The number of carbonyl (C=O) groups is 1. The van der Waals surface area contributed by atoms with Crippen LogP contribution < -0.4 is 11.1 Å². The van der Waals surface area contributed by atoms with Crippen LogP contribution in [0.1, 0.15) is 19.4 Å². The molecular weight excluding hydrogens is 310 g/mol. The van der Waals surface area contributed by atoms with Gasteiger partial charge in [0.25, 0.3) is 0 Å². The standard InChI is InChI=1S/C11H13N7OS2/c1-2-7(8(19)15-10-14-4-6-20-10)18-9(13)16-17-11(18)21-5-3-12/h4,6-7H,2,5H2,1H3,(H2,13,16)(H,14,15,19). The van der Waals surface area contributed by atoms with Gasteiger partial charge in [-0.3, -0.25) is 9.36 Å². The highest BCUT2D eigenvalue weighted by molar-refractivity contribution is 7.99. The maximum Gasteiger partial charge on any atom is 0.249 e. The number of hydrogen-bond acceptors (Lipinski definition) is 8. The molecule has 0 aliphatic rings. The number of anilines is 2. The molecule has 0 spiro atoms. The van der Waals surface area contributed by atoms with Crippen LogP contribution in [0.15, 0.2) is 16.7 Å². The number of aromatic nitrogens is 4. The van der Waals surface area contributed by atoms with Crippen molar-refractivity contribution >= 4 is 40.1 Å². The molecule has 8 nitrogen and oxygen atoms in total. The molecule has 3 N–H and O–H groups in total. The van der Waals surface area contributed by atoms with E-state index in [0.29, 0.717) is 16.7 Å². The van der Waals surface area contributed by atoms with Crippen LogP contribution >= 0.6 is 23.1 Å². The summed E-state index contributed by atoms with van der Waals surface area (Å²) < 4.78 is 1.55. The fourth-order valence-electron chi connectivity index (χ4n) is 1.74. The summed E-state index contributed by atoms with van der Waals surface area (Å²) in [5.74, 6) is 0.122. The average molecular weight is 323 g/mol. The first-order valence-corrected chi connectivity index (χ1v) is 7.94. The van der Waals surface area contributed by atoms with Crippen molar-refractivity contribution in [3.63, 3.8) is 0 Å². The number of nitrogens with two attached hydrogens (primary N) is 1. The number of thiazole rings is 1. The number of amides is 1. The summed E-state index contributed by atoms with van der Waals surface area (Å²) in [4.78, 5) is 16.4. The summed E-state index contributed by atoms with van der Waals surface area (Å²) in [5.41, 5.74) is 5.80. The first-order chi connectivity index (χ1) is 10.2. The van der Waals surface area contributed by atoms with Crippen LogP contribution in [0.2, 0.25) is 0 Å². The summed E-state index contributed by atoms with van der Waals surface area (Å²) in [7, 11) is 0. The van der Waals surface area contributed by atoms with Crippen LogP contribution in [0, 0.1) is 11.3 Å². The summed E-state index contributed by atoms with van der Waals surface area (Å²) in [6, 6.07) is 1.46. The number of nitrogens with one attached hydrogen (secondary N) is 1. The van der Waals surface area contributed by atoms with E-state index in [0.717, 1.165) is 0 Å². The summed E-state index contributed by atoms with van der Waals surface area (Å²) >= 11 is 2.53. The normalized spacial score (nSPS) is 11.8. The molecule has 2 rings (SSSR count). The van der Waals surface area contributed by atoms with E-state index in [1.165, 1.54) is 23.1 Å². The topological polar surface area (TPSA) is 123 Å². The van der Waals surface area contributed by atoms with E-state index in [1.807, 2.05) is 13.0 Å². The molecule has 0 radical (unpaired) electrons. The van der Waals surface area contributed by atoms with Crippen LogP contribution in [-0.4, -0.2) is 31.4 Å². The van der Waals surface area contributed by atoms with Gasteiger partial charge >= 0.3 is 0 Å². The summed E-state index contributed by atoms with van der Waals surface area (Å²) in [6.07, 6.45) is 2.13. The first-order valence-electron chi connectivity index (χ1n) is 6.07. The van der Waals surface area contributed by atoms with Crippen LogP contribution in [0.3, 0.4) is 0 Å². The second kappa shape index (κ2) is 7.05. The van der Waals surface area contributed by atoms with Crippen molar-refractivity contribution in [3.05, 3.63) is 11.6 Å². The third-order valence-corrected chi connectivity index (χ3v) is 4.12. The molecule has 21 heavy (non-hydrogen) atoms. The minimum atomic E-state index is -0.551.